The van der Waals surface area contributed by atoms with Crippen LogP contribution in [0.2, 0.25) is 0 Å². The van der Waals surface area contributed by atoms with Crippen molar-refractivity contribution in [3.8, 4) is 0 Å². The van der Waals surface area contributed by atoms with E-state index in [1.807, 2.05) is 6.92 Å². The van der Waals surface area contributed by atoms with Crippen LogP contribution < -0.4 is 10.5 Å². The minimum Gasteiger partial charge on any atom is -0.329 e. The first-order valence-corrected chi connectivity index (χ1v) is 8.30. The van der Waals surface area contributed by atoms with Gasteiger partial charge >= 0.3 is 0 Å². The summed E-state index contributed by atoms with van der Waals surface area (Å²) in [5.41, 5.74) is 5.58. The molecule has 3 N–H and O–H groups in total. The van der Waals surface area contributed by atoms with Crippen molar-refractivity contribution < 1.29 is 8.42 Å². The van der Waals surface area contributed by atoms with Crippen molar-refractivity contribution in [2.24, 2.45) is 11.7 Å². The van der Waals surface area contributed by atoms with Gasteiger partial charge in [-0.25, -0.2) is 13.1 Å². The van der Waals surface area contributed by atoms with Crippen LogP contribution in [-0.4, -0.2) is 26.8 Å². The summed E-state index contributed by atoms with van der Waals surface area (Å²) >= 11 is 0. The highest BCUT2D eigenvalue weighted by Crippen LogP contribution is 2.09. The summed E-state index contributed by atoms with van der Waals surface area (Å²) < 4.78 is 26.5. The van der Waals surface area contributed by atoms with Crippen LogP contribution >= 0.6 is 12.4 Å². The van der Waals surface area contributed by atoms with Gasteiger partial charge in [0.15, 0.2) is 0 Å². The molecule has 112 valence electrons. The van der Waals surface area contributed by atoms with Gasteiger partial charge < -0.3 is 5.73 Å². The second kappa shape index (κ2) is 11.0. The molecule has 0 saturated heterocycles. The smallest absolute Gasteiger partial charge is 0.212 e. The number of rotatable bonds is 10. The molecule has 0 aliphatic rings. The quantitative estimate of drug-likeness (QED) is 0.650. The maximum atomic E-state index is 11.9. The van der Waals surface area contributed by atoms with E-state index in [1.165, 1.54) is 0 Å². The predicted molar refractivity (Wildman–Crippen MR) is 80.6 cm³/mol. The van der Waals surface area contributed by atoms with Crippen molar-refractivity contribution >= 4 is 22.4 Å². The van der Waals surface area contributed by atoms with E-state index in [4.69, 9.17) is 5.73 Å². The fourth-order valence-electron chi connectivity index (χ4n) is 1.93. The van der Waals surface area contributed by atoms with Gasteiger partial charge in [0.05, 0.1) is 5.75 Å². The minimum atomic E-state index is -3.17. The Morgan fingerprint density at radius 2 is 1.78 bits per heavy atom. The zero-order chi connectivity index (χ0) is 13.3. The molecule has 0 heterocycles. The molecule has 0 amide bonds. The third kappa shape index (κ3) is 10.1. The van der Waals surface area contributed by atoms with E-state index in [1.54, 1.807) is 0 Å². The molecule has 0 aliphatic carbocycles. The highest BCUT2D eigenvalue weighted by atomic mass is 35.5. The average molecular weight is 301 g/mol. The van der Waals surface area contributed by atoms with Crippen molar-refractivity contribution in [3.05, 3.63) is 0 Å². The molecule has 0 aliphatic heterocycles. The summed E-state index contributed by atoms with van der Waals surface area (Å²) in [5.74, 6) is 0.422. The van der Waals surface area contributed by atoms with Gasteiger partial charge in [0, 0.05) is 12.6 Å². The van der Waals surface area contributed by atoms with Crippen LogP contribution in [0.5, 0.6) is 0 Å². The lowest BCUT2D eigenvalue weighted by Gasteiger charge is -2.18. The van der Waals surface area contributed by atoms with E-state index in [0.717, 1.165) is 32.1 Å². The van der Waals surface area contributed by atoms with Crippen LogP contribution in [0, 0.1) is 5.92 Å². The van der Waals surface area contributed by atoms with Gasteiger partial charge in [-0.3, -0.25) is 0 Å². The maximum absolute atomic E-state index is 11.9. The number of nitrogens with one attached hydrogen (secondary N) is 1. The summed E-state index contributed by atoms with van der Waals surface area (Å²) in [6.45, 7) is 6.51. The lowest BCUT2D eigenvalue weighted by atomic mass is 10.1. The fraction of sp³-hybridized carbons (Fsp3) is 1.00. The molecule has 6 heteroatoms. The number of sulfonamides is 1. The largest absolute Gasteiger partial charge is 0.329 e. The summed E-state index contributed by atoms with van der Waals surface area (Å²) in [6, 6.07) is -0.103. The van der Waals surface area contributed by atoms with Crippen LogP contribution in [0.1, 0.15) is 52.9 Å². The van der Waals surface area contributed by atoms with Gasteiger partial charge in [-0.05, 0) is 18.8 Å². The minimum absolute atomic E-state index is 0. The number of halogens is 1. The van der Waals surface area contributed by atoms with Crippen LogP contribution in [-0.2, 0) is 10.0 Å². The Balaban J connectivity index is 0. The van der Waals surface area contributed by atoms with E-state index in [9.17, 15) is 8.42 Å². The third-order valence-corrected chi connectivity index (χ3v) is 4.52. The maximum Gasteiger partial charge on any atom is 0.212 e. The predicted octanol–water partition coefficient (Wildman–Crippen LogP) is 2.28. The average Bonchev–Trinajstić information content (AvgIpc) is 2.23. The monoisotopic (exact) mass is 300 g/mol. The normalized spacial score (nSPS) is 14.9. The van der Waals surface area contributed by atoms with Gasteiger partial charge in [-0.15, -0.1) is 12.4 Å². The second-order valence-electron chi connectivity index (χ2n) is 4.87. The first-order chi connectivity index (χ1) is 7.95. The Morgan fingerprint density at radius 1 is 1.17 bits per heavy atom. The molecule has 0 aromatic carbocycles. The number of hydrogen-bond donors (Lipinski definition) is 2. The topological polar surface area (TPSA) is 72.2 Å². The first kappa shape index (κ1) is 20.5. The summed E-state index contributed by atoms with van der Waals surface area (Å²) in [4.78, 5) is 0. The summed E-state index contributed by atoms with van der Waals surface area (Å²) in [7, 11) is -3.17. The zero-order valence-electron chi connectivity index (χ0n) is 11.8. The molecule has 4 nitrogen and oxygen atoms in total. The highest BCUT2D eigenvalue weighted by molar-refractivity contribution is 7.89. The van der Waals surface area contributed by atoms with Crippen molar-refractivity contribution in [1.29, 1.82) is 0 Å². The fourth-order valence-corrected chi connectivity index (χ4v) is 3.66. The number of hydrogen-bond acceptors (Lipinski definition) is 3. The summed E-state index contributed by atoms with van der Waals surface area (Å²) in [6.07, 6.45) is 4.86. The van der Waals surface area contributed by atoms with Gasteiger partial charge in [-0.2, -0.15) is 0 Å². The molecular weight excluding hydrogens is 272 g/mol. The van der Waals surface area contributed by atoms with Gasteiger partial charge in [-0.1, -0.05) is 40.0 Å². The van der Waals surface area contributed by atoms with E-state index < -0.39 is 10.0 Å². The van der Waals surface area contributed by atoms with E-state index in [2.05, 4.69) is 18.6 Å². The van der Waals surface area contributed by atoms with Crippen LogP contribution in [0.15, 0.2) is 0 Å². The molecule has 0 rings (SSSR count). The molecule has 18 heavy (non-hydrogen) atoms. The van der Waals surface area contributed by atoms with Crippen molar-refractivity contribution in [3.63, 3.8) is 0 Å². The van der Waals surface area contributed by atoms with Crippen molar-refractivity contribution in [2.75, 3.05) is 12.3 Å². The molecule has 2 atom stereocenters. The van der Waals surface area contributed by atoms with E-state index in [-0.39, 0.29) is 30.1 Å². The molecule has 0 bridgehead atoms. The molecule has 0 aromatic rings. The molecular formula is C12H29ClN2O2S. The van der Waals surface area contributed by atoms with Crippen LogP contribution in [0.25, 0.3) is 0 Å². The van der Waals surface area contributed by atoms with Gasteiger partial charge in [0.25, 0.3) is 0 Å². The number of unbranched alkanes of at least 4 members (excludes halogenated alkanes) is 1. The summed E-state index contributed by atoms with van der Waals surface area (Å²) in [5, 5.41) is 0. The van der Waals surface area contributed by atoms with Crippen LogP contribution in [0.4, 0.5) is 0 Å². The van der Waals surface area contributed by atoms with Crippen molar-refractivity contribution in [2.45, 2.75) is 58.9 Å². The zero-order valence-corrected chi connectivity index (χ0v) is 13.4. The van der Waals surface area contributed by atoms with E-state index >= 15 is 0 Å². The second-order valence-corrected chi connectivity index (χ2v) is 6.67. The molecule has 2 unspecified atom stereocenters. The van der Waals surface area contributed by atoms with Gasteiger partial charge in [0.2, 0.25) is 10.0 Å². The Morgan fingerprint density at radius 3 is 2.22 bits per heavy atom. The standard InChI is InChI=1S/C12H28N2O2S.ClH/c1-4-6-8-12(9-13)14-17(15,16)10-11(3)7-5-2;/h11-12,14H,4-10,13H2,1-3H3;1H. The number of nitrogens with two attached hydrogens (primary N) is 1. The Labute approximate surface area is 119 Å². The molecule has 0 fully saturated rings. The lowest BCUT2D eigenvalue weighted by molar-refractivity contribution is 0.500. The van der Waals surface area contributed by atoms with Gasteiger partial charge in [0.1, 0.15) is 0 Å². The molecule has 0 aromatic heterocycles. The third-order valence-electron chi connectivity index (χ3n) is 2.82. The van der Waals surface area contributed by atoms with Crippen LogP contribution in [0.3, 0.4) is 0 Å². The highest BCUT2D eigenvalue weighted by Gasteiger charge is 2.19. The first-order valence-electron chi connectivity index (χ1n) is 6.65. The Bertz CT molecular complexity index is 284. The molecule has 0 radical (unpaired) electrons. The molecule has 0 saturated carbocycles. The lowest BCUT2D eigenvalue weighted by Crippen LogP contribution is -2.42. The van der Waals surface area contributed by atoms with Crippen molar-refractivity contribution in [1.82, 2.24) is 4.72 Å². The van der Waals surface area contributed by atoms with E-state index in [0.29, 0.717) is 6.54 Å². The Kier molecular flexibility index (Phi) is 12.5. The molecule has 0 spiro atoms. The Hall–Kier alpha value is 0.160. The SMILES string of the molecule is CCCCC(CN)NS(=O)(=O)CC(C)CCC.Cl.